The largest absolute Gasteiger partial charge is 0.481 e. The van der Waals surface area contributed by atoms with Crippen molar-refractivity contribution in [3.8, 4) is 0 Å². The Hall–Kier alpha value is -2.45. The zero-order valence-corrected chi connectivity index (χ0v) is 18.8. The SMILES string of the molecule is O=C(O)CCCn1cc(C=C2CN(C(C(=O)C3CC3)c3ccccc3F)CCC2S)cn1. The van der Waals surface area contributed by atoms with Crippen molar-refractivity contribution < 1.29 is 19.1 Å². The number of rotatable bonds is 9. The number of carbonyl (C=O) groups excluding carboxylic acids is 1. The summed E-state index contributed by atoms with van der Waals surface area (Å²) in [4.78, 5) is 25.9. The maximum absolute atomic E-state index is 14.7. The second-order valence-corrected chi connectivity index (χ2v) is 9.25. The molecule has 1 saturated carbocycles. The van der Waals surface area contributed by atoms with Crippen LogP contribution in [0.3, 0.4) is 0 Å². The number of likely N-dealkylation sites (tertiary alicyclic amines) is 1. The molecule has 1 N–H and O–H groups in total. The Labute approximate surface area is 192 Å². The van der Waals surface area contributed by atoms with Gasteiger partial charge in [-0.05, 0) is 37.3 Å². The highest BCUT2D eigenvalue weighted by atomic mass is 32.1. The van der Waals surface area contributed by atoms with E-state index in [0.29, 0.717) is 31.6 Å². The molecule has 170 valence electrons. The van der Waals surface area contributed by atoms with Crippen molar-refractivity contribution in [2.24, 2.45) is 5.92 Å². The van der Waals surface area contributed by atoms with Crippen LogP contribution in [0, 0.1) is 11.7 Å². The average Bonchev–Trinajstić information content (AvgIpc) is 3.52. The fraction of sp³-hybridized carbons (Fsp3) is 0.458. The molecule has 0 spiro atoms. The van der Waals surface area contributed by atoms with Gasteiger partial charge in [0.2, 0.25) is 0 Å². The summed E-state index contributed by atoms with van der Waals surface area (Å²) in [6.45, 7) is 1.75. The summed E-state index contributed by atoms with van der Waals surface area (Å²) < 4.78 is 16.4. The topological polar surface area (TPSA) is 75.4 Å². The van der Waals surface area contributed by atoms with Crippen molar-refractivity contribution in [2.45, 2.75) is 49.9 Å². The van der Waals surface area contributed by atoms with Gasteiger partial charge in [-0.25, -0.2) is 4.39 Å². The molecule has 8 heteroatoms. The molecule has 2 aromatic rings. The molecule has 4 rings (SSSR count). The number of halogens is 1. The quantitative estimate of drug-likeness (QED) is 0.557. The van der Waals surface area contributed by atoms with Gasteiger partial charge >= 0.3 is 5.97 Å². The lowest BCUT2D eigenvalue weighted by Gasteiger charge is -2.37. The van der Waals surface area contributed by atoms with E-state index in [9.17, 15) is 14.0 Å². The number of hydrogen-bond acceptors (Lipinski definition) is 5. The molecule has 2 aliphatic rings. The summed E-state index contributed by atoms with van der Waals surface area (Å²) in [5.74, 6) is -1.01. The normalized spacial score (nSPS) is 21.6. The van der Waals surface area contributed by atoms with Crippen LogP contribution in [0.15, 0.2) is 42.2 Å². The smallest absolute Gasteiger partial charge is 0.303 e. The van der Waals surface area contributed by atoms with Crippen LogP contribution in [-0.2, 0) is 16.1 Å². The lowest BCUT2D eigenvalue weighted by molar-refractivity contribution is -0.137. The van der Waals surface area contributed by atoms with E-state index in [4.69, 9.17) is 17.7 Å². The van der Waals surface area contributed by atoms with Gasteiger partial charge in [0.1, 0.15) is 5.82 Å². The first-order valence-corrected chi connectivity index (χ1v) is 11.6. The number of benzene rings is 1. The molecule has 6 nitrogen and oxygen atoms in total. The Bertz CT molecular complexity index is 1020. The molecular formula is C24H28FN3O3S. The zero-order chi connectivity index (χ0) is 22.7. The van der Waals surface area contributed by atoms with Gasteiger partial charge in [0, 0.05) is 54.5 Å². The van der Waals surface area contributed by atoms with Gasteiger partial charge in [0.25, 0.3) is 0 Å². The molecule has 32 heavy (non-hydrogen) atoms. The van der Waals surface area contributed by atoms with Crippen LogP contribution in [0.5, 0.6) is 0 Å². The molecular weight excluding hydrogens is 429 g/mol. The van der Waals surface area contributed by atoms with E-state index in [2.05, 4.69) is 10.00 Å². The van der Waals surface area contributed by atoms with E-state index in [0.717, 1.165) is 30.4 Å². The standard InChI is InChI=1S/C24H28FN3O3S/c25-20-5-2-1-4-19(20)23(24(31)17-7-8-17)27-11-9-21(32)18(15-27)12-16-13-26-28(14-16)10-3-6-22(29)30/h1-2,4-5,12-14,17,21,23,32H,3,6-11,15H2,(H,29,30). The first-order chi connectivity index (χ1) is 15.4. The van der Waals surface area contributed by atoms with E-state index in [1.54, 1.807) is 29.1 Å². The van der Waals surface area contributed by atoms with E-state index in [-0.39, 0.29) is 29.2 Å². The van der Waals surface area contributed by atoms with Crippen LogP contribution in [0.2, 0.25) is 0 Å². The van der Waals surface area contributed by atoms with Gasteiger partial charge < -0.3 is 5.11 Å². The molecule has 1 aliphatic carbocycles. The van der Waals surface area contributed by atoms with Gasteiger partial charge in [-0.15, -0.1) is 0 Å². The van der Waals surface area contributed by atoms with Crippen LogP contribution in [0.1, 0.15) is 49.3 Å². The van der Waals surface area contributed by atoms with Crippen molar-refractivity contribution in [1.82, 2.24) is 14.7 Å². The number of thiol groups is 1. The second-order valence-electron chi connectivity index (χ2n) is 8.63. The Morgan fingerprint density at radius 2 is 2.06 bits per heavy atom. The molecule has 2 fully saturated rings. The van der Waals surface area contributed by atoms with Crippen molar-refractivity contribution >= 4 is 30.5 Å². The number of carboxylic acids is 1. The number of carboxylic acid groups (broad SMARTS) is 1. The molecule has 1 aromatic carbocycles. The number of hydrogen-bond donors (Lipinski definition) is 2. The number of nitrogens with zero attached hydrogens (tertiary/aromatic N) is 3. The summed E-state index contributed by atoms with van der Waals surface area (Å²) in [7, 11) is 0. The highest BCUT2D eigenvalue weighted by molar-refractivity contribution is 7.81. The third-order valence-corrected chi connectivity index (χ3v) is 6.69. The molecule has 0 amide bonds. The molecule has 1 aliphatic heterocycles. The Kier molecular flexibility index (Phi) is 7.10. The first kappa shape index (κ1) is 22.7. The summed E-state index contributed by atoms with van der Waals surface area (Å²) in [6.07, 6.45) is 8.83. The Balaban J connectivity index is 1.52. The highest BCUT2D eigenvalue weighted by Crippen LogP contribution is 2.39. The maximum atomic E-state index is 14.7. The number of aryl methyl sites for hydroxylation is 1. The van der Waals surface area contributed by atoms with Crippen molar-refractivity contribution in [2.75, 3.05) is 13.1 Å². The van der Waals surface area contributed by atoms with E-state index in [1.807, 2.05) is 12.3 Å². The molecule has 1 aromatic heterocycles. The molecule has 0 radical (unpaired) electrons. The number of aromatic nitrogens is 2. The van der Waals surface area contributed by atoms with Crippen LogP contribution < -0.4 is 0 Å². The fourth-order valence-corrected chi connectivity index (χ4v) is 4.53. The Morgan fingerprint density at radius 3 is 2.78 bits per heavy atom. The van der Waals surface area contributed by atoms with Crippen LogP contribution >= 0.6 is 12.6 Å². The third kappa shape index (κ3) is 5.48. The van der Waals surface area contributed by atoms with E-state index >= 15 is 0 Å². The van der Waals surface area contributed by atoms with Crippen LogP contribution in [-0.4, -0.2) is 49.9 Å². The van der Waals surface area contributed by atoms with Crippen molar-refractivity contribution in [3.63, 3.8) is 0 Å². The minimum Gasteiger partial charge on any atom is -0.481 e. The summed E-state index contributed by atoms with van der Waals surface area (Å²) in [6, 6.07) is 6.00. The minimum absolute atomic E-state index is 0.0322. The molecule has 0 bridgehead atoms. The maximum Gasteiger partial charge on any atom is 0.303 e. The highest BCUT2D eigenvalue weighted by Gasteiger charge is 2.40. The van der Waals surface area contributed by atoms with Gasteiger partial charge in [-0.3, -0.25) is 19.2 Å². The number of ketones is 1. The van der Waals surface area contributed by atoms with Crippen molar-refractivity contribution in [3.05, 3.63) is 59.2 Å². The fourth-order valence-electron chi connectivity index (χ4n) is 4.26. The number of carbonyl (C=O) groups is 2. The zero-order valence-electron chi connectivity index (χ0n) is 17.9. The minimum atomic E-state index is -0.815. The van der Waals surface area contributed by atoms with Gasteiger partial charge in [-0.2, -0.15) is 17.7 Å². The Morgan fingerprint density at radius 1 is 1.28 bits per heavy atom. The number of piperidine rings is 1. The van der Waals surface area contributed by atoms with Gasteiger partial charge in [0.15, 0.2) is 5.78 Å². The van der Waals surface area contributed by atoms with Gasteiger partial charge in [0.05, 0.1) is 12.2 Å². The van der Waals surface area contributed by atoms with E-state index in [1.165, 1.54) is 6.07 Å². The second kappa shape index (κ2) is 10.0. The predicted octanol–water partition coefficient (Wildman–Crippen LogP) is 3.99. The van der Waals surface area contributed by atoms with Crippen molar-refractivity contribution in [1.29, 1.82) is 0 Å². The number of aliphatic carboxylic acids is 1. The van der Waals surface area contributed by atoms with Crippen LogP contribution in [0.25, 0.3) is 6.08 Å². The lowest BCUT2D eigenvalue weighted by atomic mass is 9.93. The molecule has 2 atom stereocenters. The predicted molar refractivity (Wildman–Crippen MR) is 123 cm³/mol. The molecule has 2 unspecified atom stereocenters. The van der Waals surface area contributed by atoms with Gasteiger partial charge in [-0.1, -0.05) is 24.3 Å². The lowest BCUT2D eigenvalue weighted by Crippen LogP contribution is -2.42. The summed E-state index contributed by atoms with van der Waals surface area (Å²) in [5, 5.41) is 13.2. The molecule has 1 saturated heterocycles. The first-order valence-electron chi connectivity index (χ1n) is 11.1. The molecule has 2 heterocycles. The summed E-state index contributed by atoms with van der Waals surface area (Å²) in [5.41, 5.74) is 2.43. The van der Waals surface area contributed by atoms with E-state index < -0.39 is 12.0 Å². The summed E-state index contributed by atoms with van der Waals surface area (Å²) >= 11 is 4.75. The van der Waals surface area contributed by atoms with Crippen LogP contribution in [0.4, 0.5) is 4.39 Å². The third-order valence-electron chi connectivity index (χ3n) is 6.10. The number of Topliss-reactive ketones (excluding diaryl/α,β-unsaturated/α-hetero) is 1. The monoisotopic (exact) mass is 457 g/mol. The average molecular weight is 458 g/mol.